The third kappa shape index (κ3) is 47.0. The van der Waals surface area contributed by atoms with Crippen LogP contribution in [0.1, 0.15) is 206 Å². The summed E-state index contributed by atoms with van der Waals surface area (Å²) in [6.07, 6.45) is 60.8. The van der Waals surface area contributed by atoms with E-state index in [9.17, 15) is 14.3 Å². The van der Waals surface area contributed by atoms with Gasteiger partial charge in [-0.25, -0.2) is 4.57 Å². The minimum Gasteiger partial charge on any atom is -0.457 e. The van der Waals surface area contributed by atoms with E-state index in [0.717, 1.165) is 83.5 Å². The van der Waals surface area contributed by atoms with Gasteiger partial charge in [0.05, 0.1) is 19.8 Å². The molecule has 9 heteroatoms. The van der Waals surface area contributed by atoms with Crippen LogP contribution in [0.4, 0.5) is 0 Å². The van der Waals surface area contributed by atoms with Gasteiger partial charge in [-0.15, -0.1) is 0 Å². The fourth-order valence-corrected chi connectivity index (χ4v) is 7.31. The van der Waals surface area contributed by atoms with Gasteiger partial charge in [0, 0.05) is 19.6 Å². The fourth-order valence-electron chi connectivity index (χ4n) is 6.55. The number of hydrogen-bond acceptors (Lipinski definition) is 7. The summed E-state index contributed by atoms with van der Waals surface area (Å²) in [5, 5.41) is 0. The van der Waals surface area contributed by atoms with E-state index in [1.54, 1.807) is 0 Å². The van der Waals surface area contributed by atoms with Crippen LogP contribution >= 0.6 is 7.82 Å². The number of esters is 1. The first-order chi connectivity index (χ1) is 29.4. The molecule has 2 atom stereocenters. The van der Waals surface area contributed by atoms with E-state index in [-0.39, 0.29) is 32.3 Å². The molecule has 0 rings (SSSR count). The fraction of sp³-hybridized carbons (Fsp3) is 0.745. The van der Waals surface area contributed by atoms with Crippen LogP contribution in [0.2, 0.25) is 0 Å². The average molecular weight is 862 g/mol. The van der Waals surface area contributed by atoms with Crippen LogP contribution in [0.3, 0.4) is 0 Å². The Morgan fingerprint density at radius 2 is 0.933 bits per heavy atom. The molecule has 0 aromatic carbocycles. The van der Waals surface area contributed by atoms with Gasteiger partial charge in [0.15, 0.2) is 0 Å². The van der Waals surface area contributed by atoms with Crippen molar-refractivity contribution in [2.24, 2.45) is 5.73 Å². The molecular weight excluding hydrogens is 770 g/mol. The molecule has 60 heavy (non-hydrogen) atoms. The Morgan fingerprint density at radius 1 is 0.517 bits per heavy atom. The number of phosphoric acid groups is 1. The first-order valence-corrected chi connectivity index (χ1v) is 25.9. The van der Waals surface area contributed by atoms with Gasteiger partial charge in [-0.3, -0.25) is 13.8 Å². The Morgan fingerprint density at radius 3 is 1.40 bits per heavy atom. The largest absolute Gasteiger partial charge is 0.472 e. The molecule has 0 fully saturated rings. The number of hydrogen-bond donors (Lipinski definition) is 2. The zero-order valence-electron chi connectivity index (χ0n) is 38.7. The van der Waals surface area contributed by atoms with Crippen molar-refractivity contribution in [3.05, 3.63) is 72.9 Å². The Kier molecular flexibility index (Phi) is 46.3. The molecule has 2 unspecified atom stereocenters. The summed E-state index contributed by atoms with van der Waals surface area (Å²) in [6.45, 7) is 4.76. The summed E-state index contributed by atoms with van der Waals surface area (Å²) in [5.74, 6) is -0.345. The highest BCUT2D eigenvalue weighted by atomic mass is 31.2. The Balaban J connectivity index is 3.94. The number of nitrogens with two attached hydrogens (primary N) is 1. The summed E-state index contributed by atoms with van der Waals surface area (Å²) < 4.78 is 33.5. The lowest BCUT2D eigenvalue weighted by molar-refractivity contribution is -0.154. The predicted octanol–water partition coefficient (Wildman–Crippen LogP) is 15.1. The van der Waals surface area contributed by atoms with Crippen molar-refractivity contribution in [1.29, 1.82) is 0 Å². The molecular formula is C51H92NO7P. The molecule has 0 spiro atoms. The van der Waals surface area contributed by atoms with Crippen LogP contribution in [0, 0.1) is 0 Å². The van der Waals surface area contributed by atoms with Gasteiger partial charge in [0.2, 0.25) is 0 Å². The number of ether oxygens (including phenoxy) is 2. The number of unbranched alkanes of at least 4 members (excludes halogenated alkanes) is 21. The number of allylic oxidation sites excluding steroid dienone is 12. The second-order valence-corrected chi connectivity index (χ2v) is 17.4. The van der Waals surface area contributed by atoms with Gasteiger partial charge >= 0.3 is 13.8 Å². The van der Waals surface area contributed by atoms with Crippen molar-refractivity contribution < 1.29 is 32.8 Å². The molecule has 0 saturated carbocycles. The van der Waals surface area contributed by atoms with Crippen molar-refractivity contribution in [2.45, 2.75) is 213 Å². The van der Waals surface area contributed by atoms with Gasteiger partial charge in [0.25, 0.3) is 0 Å². The van der Waals surface area contributed by atoms with E-state index in [0.29, 0.717) is 13.0 Å². The van der Waals surface area contributed by atoms with Crippen LogP contribution in [-0.2, 0) is 27.9 Å². The van der Waals surface area contributed by atoms with E-state index < -0.39 is 13.9 Å². The predicted molar refractivity (Wildman–Crippen MR) is 256 cm³/mol. The minimum absolute atomic E-state index is 0.0952. The summed E-state index contributed by atoms with van der Waals surface area (Å²) in [6, 6.07) is 0. The van der Waals surface area contributed by atoms with E-state index in [1.807, 2.05) is 0 Å². The lowest BCUT2D eigenvalue weighted by atomic mass is 10.0. The maximum absolute atomic E-state index is 12.6. The van der Waals surface area contributed by atoms with Crippen LogP contribution in [0.15, 0.2) is 72.9 Å². The normalized spacial score (nSPS) is 14.0. The maximum atomic E-state index is 12.6. The monoisotopic (exact) mass is 862 g/mol. The Labute approximate surface area is 369 Å². The van der Waals surface area contributed by atoms with E-state index >= 15 is 0 Å². The highest BCUT2D eigenvalue weighted by molar-refractivity contribution is 7.47. The molecule has 0 aliphatic heterocycles. The summed E-state index contributed by atoms with van der Waals surface area (Å²) in [5.41, 5.74) is 5.38. The standard InChI is InChI=1S/C51H92NO7P/c1-3-5-7-9-11-13-15-17-19-20-21-22-23-24-25-26-27-28-29-31-33-35-37-39-41-43-46-56-48-50(49-58-60(54,55)57-47-45-52)59-51(53)44-42-40-38-36-34-32-30-18-16-14-12-10-8-6-4-2/h5,7,11-14,17-19,21-22,30,50H,3-4,6,8-10,15-16,20,23-29,31-49,52H2,1-2H3,(H,54,55)/b7-5-,13-11-,14-12-,19-17-,22-21-,30-18-. The maximum Gasteiger partial charge on any atom is 0.472 e. The van der Waals surface area contributed by atoms with Crippen LogP contribution in [0.25, 0.3) is 0 Å². The van der Waals surface area contributed by atoms with E-state index in [2.05, 4.69) is 86.8 Å². The van der Waals surface area contributed by atoms with Gasteiger partial charge < -0.3 is 20.1 Å². The van der Waals surface area contributed by atoms with Crippen molar-refractivity contribution >= 4 is 13.8 Å². The quantitative estimate of drug-likeness (QED) is 0.0269. The lowest BCUT2D eigenvalue weighted by Gasteiger charge is -2.20. The van der Waals surface area contributed by atoms with Gasteiger partial charge in [-0.2, -0.15) is 0 Å². The van der Waals surface area contributed by atoms with E-state index in [4.69, 9.17) is 24.3 Å². The molecule has 0 aromatic heterocycles. The number of carbonyl (C=O) groups is 1. The molecule has 0 aromatic rings. The Hall–Kier alpha value is -2.06. The lowest BCUT2D eigenvalue weighted by Crippen LogP contribution is -2.28. The summed E-state index contributed by atoms with van der Waals surface area (Å²) in [7, 11) is -4.29. The van der Waals surface area contributed by atoms with E-state index in [1.165, 1.54) is 103 Å². The van der Waals surface area contributed by atoms with Crippen LogP contribution < -0.4 is 5.73 Å². The Bertz CT molecular complexity index is 1150. The zero-order valence-corrected chi connectivity index (χ0v) is 39.6. The summed E-state index contributed by atoms with van der Waals surface area (Å²) in [4.78, 5) is 22.5. The van der Waals surface area contributed by atoms with Crippen molar-refractivity contribution in [3.63, 3.8) is 0 Å². The molecule has 0 heterocycles. The topological polar surface area (TPSA) is 117 Å². The highest BCUT2D eigenvalue weighted by Gasteiger charge is 2.25. The second-order valence-electron chi connectivity index (χ2n) is 15.9. The first-order valence-electron chi connectivity index (χ1n) is 24.4. The molecule has 348 valence electrons. The van der Waals surface area contributed by atoms with Crippen LogP contribution in [0.5, 0.6) is 0 Å². The van der Waals surface area contributed by atoms with Crippen molar-refractivity contribution in [1.82, 2.24) is 0 Å². The molecule has 0 saturated heterocycles. The zero-order chi connectivity index (χ0) is 43.7. The molecule has 0 aliphatic rings. The van der Waals surface area contributed by atoms with Gasteiger partial charge in [-0.1, -0.05) is 189 Å². The molecule has 0 radical (unpaired) electrons. The smallest absolute Gasteiger partial charge is 0.457 e. The highest BCUT2D eigenvalue weighted by Crippen LogP contribution is 2.43. The molecule has 3 N–H and O–H groups in total. The molecule has 0 aliphatic carbocycles. The molecule has 0 bridgehead atoms. The summed E-state index contributed by atoms with van der Waals surface area (Å²) >= 11 is 0. The number of phosphoric ester groups is 1. The first kappa shape index (κ1) is 57.9. The number of carbonyl (C=O) groups excluding carboxylic acids is 1. The molecule has 0 amide bonds. The number of rotatable bonds is 46. The van der Waals surface area contributed by atoms with Gasteiger partial charge in [0.1, 0.15) is 6.10 Å². The average Bonchev–Trinajstić information content (AvgIpc) is 3.24. The minimum atomic E-state index is -4.29. The van der Waals surface area contributed by atoms with Gasteiger partial charge in [-0.05, 0) is 83.5 Å². The SMILES string of the molecule is CC/C=C\C/C=C\C/C=C\C/C=C\CCCCCCCCCCCCCCCOCC(COP(=O)(O)OCCN)OC(=O)CCCCCCC/C=C\C/C=C\CCCCC. The third-order valence-corrected chi connectivity index (χ3v) is 11.1. The molecule has 8 nitrogen and oxygen atoms in total. The van der Waals surface area contributed by atoms with Crippen LogP contribution in [-0.4, -0.2) is 49.9 Å². The third-order valence-electron chi connectivity index (χ3n) is 10.1. The second kappa shape index (κ2) is 48.0. The van der Waals surface area contributed by atoms with Crippen molar-refractivity contribution in [2.75, 3.05) is 33.0 Å². The van der Waals surface area contributed by atoms with Crippen molar-refractivity contribution in [3.8, 4) is 0 Å².